The highest BCUT2D eigenvalue weighted by Gasteiger charge is 2.09. The van der Waals surface area contributed by atoms with Gasteiger partial charge in [-0.05, 0) is 20.3 Å². The summed E-state index contributed by atoms with van der Waals surface area (Å²) in [6.07, 6.45) is 0.872. The molecule has 0 aliphatic carbocycles. The van der Waals surface area contributed by atoms with Gasteiger partial charge in [0.15, 0.2) is 5.13 Å². The van der Waals surface area contributed by atoms with Gasteiger partial charge in [0.2, 0.25) is 0 Å². The van der Waals surface area contributed by atoms with Gasteiger partial charge in [0, 0.05) is 23.9 Å². The van der Waals surface area contributed by atoms with Gasteiger partial charge < -0.3 is 5.32 Å². The molecule has 2 heterocycles. The van der Waals surface area contributed by atoms with Crippen LogP contribution < -0.4 is 5.32 Å². The van der Waals surface area contributed by atoms with Crippen LogP contribution in [0.25, 0.3) is 0 Å². The molecule has 0 amide bonds. The maximum absolute atomic E-state index is 5.75. The van der Waals surface area contributed by atoms with Gasteiger partial charge in [-0.25, -0.2) is 4.98 Å². The second kappa shape index (κ2) is 5.06. The molecule has 2 aromatic heterocycles. The number of hydrogen-bond acceptors (Lipinski definition) is 4. The number of anilines is 2. The SMILES string of the molecule is Cc1cc(Nc2nc(C)c(CCCl)s2)n(C)n1. The van der Waals surface area contributed by atoms with Gasteiger partial charge in [-0.3, -0.25) is 4.68 Å². The molecule has 0 aliphatic rings. The van der Waals surface area contributed by atoms with E-state index in [1.165, 1.54) is 4.88 Å². The first-order chi connectivity index (χ1) is 8.10. The zero-order chi connectivity index (χ0) is 12.4. The maximum Gasteiger partial charge on any atom is 0.188 e. The molecule has 2 rings (SSSR count). The molecule has 17 heavy (non-hydrogen) atoms. The second-order valence-electron chi connectivity index (χ2n) is 3.89. The van der Waals surface area contributed by atoms with Crippen LogP contribution in [0.3, 0.4) is 0 Å². The number of aryl methyl sites for hydroxylation is 4. The maximum atomic E-state index is 5.75. The van der Waals surface area contributed by atoms with Gasteiger partial charge in [-0.15, -0.1) is 22.9 Å². The van der Waals surface area contributed by atoms with Gasteiger partial charge in [-0.1, -0.05) is 0 Å². The van der Waals surface area contributed by atoms with Gasteiger partial charge in [0.05, 0.1) is 11.4 Å². The Labute approximate surface area is 110 Å². The Kier molecular flexibility index (Phi) is 3.69. The third-order valence-electron chi connectivity index (χ3n) is 2.45. The van der Waals surface area contributed by atoms with E-state index >= 15 is 0 Å². The quantitative estimate of drug-likeness (QED) is 0.869. The Morgan fingerprint density at radius 1 is 1.47 bits per heavy atom. The summed E-state index contributed by atoms with van der Waals surface area (Å²) in [7, 11) is 1.91. The Hall–Kier alpha value is -1.07. The highest BCUT2D eigenvalue weighted by atomic mass is 35.5. The summed E-state index contributed by atoms with van der Waals surface area (Å²) in [5, 5.41) is 8.45. The smallest absolute Gasteiger partial charge is 0.188 e. The van der Waals surface area contributed by atoms with E-state index in [1.54, 1.807) is 11.3 Å². The minimum atomic E-state index is 0.632. The van der Waals surface area contributed by atoms with Crippen LogP contribution in [0.4, 0.5) is 10.9 Å². The van der Waals surface area contributed by atoms with Crippen molar-refractivity contribution in [2.45, 2.75) is 20.3 Å². The minimum absolute atomic E-state index is 0.632. The van der Waals surface area contributed by atoms with E-state index in [2.05, 4.69) is 15.4 Å². The molecule has 0 atom stereocenters. The zero-order valence-electron chi connectivity index (χ0n) is 10.1. The van der Waals surface area contributed by atoms with E-state index in [4.69, 9.17) is 11.6 Å². The molecule has 1 N–H and O–H groups in total. The third kappa shape index (κ3) is 2.79. The second-order valence-corrected chi connectivity index (χ2v) is 5.35. The van der Waals surface area contributed by atoms with Crippen LogP contribution in [-0.2, 0) is 13.5 Å². The molecule has 0 radical (unpaired) electrons. The van der Waals surface area contributed by atoms with Crippen molar-refractivity contribution in [1.29, 1.82) is 0 Å². The predicted octanol–water partition coefficient (Wildman–Crippen LogP) is 3.02. The monoisotopic (exact) mass is 270 g/mol. The van der Waals surface area contributed by atoms with Crippen molar-refractivity contribution in [2.24, 2.45) is 7.05 Å². The normalized spacial score (nSPS) is 10.8. The lowest BCUT2D eigenvalue weighted by molar-refractivity contribution is 0.764. The van der Waals surface area contributed by atoms with E-state index in [0.717, 1.165) is 28.8 Å². The zero-order valence-corrected chi connectivity index (χ0v) is 11.7. The molecule has 0 aliphatic heterocycles. The van der Waals surface area contributed by atoms with E-state index in [9.17, 15) is 0 Å². The number of aromatic nitrogens is 3. The van der Waals surface area contributed by atoms with Crippen LogP contribution in [-0.4, -0.2) is 20.6 Å². The molecule has 92 valence electrons. The summed E-state index contributed by atoms with van der Waals surface area (Å²) in [5.74, 6) is 1.58. The molecule has 0 spiro atoms. The summed E-state index contributed by atoms with van der Waals surface area (Å²) in [5.41, 5.74) is 2.04. The largest absolute Gasteiger partial charge is 0.316 e. The average Bonchev–Trinajstić information content (AvgIpc) is 2.73. The molecule has 0 aromatic carbocycles. The van der Waals surface area contributed by atoms with Crippen LogP contribution in [0.1, 0.15) is 16.3 Å². The van der Waals surface area contributed by atoms with Crippen molar-refractivity contribution in [2.75, 3.05) is 11.2 Å². The molecule has 0 saturated carbocycles. The van der Waals surface area contributed by atoms with Crippen molar-refractivity contribution in [3.8, 4) is 0 Å². The van der Waals surface area contributed by atoms with Crippen LogP contribution in [0, 0.1) is 13.8 Å². The minimum Gasteiger partial charge on any atom is -0.316 e. The lowest BCUT2D eigenvalue weighted by Gasteiger charge is -2.01. The first-order valence-electron chi connectivity index (χ1n) is 5.40. The number of nitrogens with zero attached hydrogens (tertiary/aromatic N) is 3. The molecule has 0 saturated heterocycles. The topological polar surface area (TPSA) is 42.7 Å². The predicted molar refractivity (Wildman–Crippen MR) is 72.5 cm³/mol. The molecule has 6 heteroatoms. The molecule has 4 nitrogen and oxygen atoms in total. The van der Waals surface area contributed by atoms with Crippen molar-refractivity contribution < 1.29 is 0 Å². The van der Waals surface area contributed by atoms with Crippen molar-refractivity contribution in [3.05, 3.63) is 22.3 Å². The van der Waals surface area contributed by atoms with Gasteiger partial charge in [0.25, 0.3) is 0 Å². The molecule has 0 bridgehead atoms. The van der Waals surface area contributed by atoms with Gasteiger partial charge >= 0.3 is 0 Å². The first-order valence-corrected chi connectivity index (χ1v) is 6.75. The summed E-state index contributed by atoms with van der Waals surface area (Å²) in [4.78, 5) is 5.72. The van der Waals surface area contributed by atoms with E-state index in [0.29, 0.717) is 5.88 Å². The van der Waals surface area contributed by atoms with Crippen LogP contribution in [0.15, 0.2) is 6.07 Å². The number of alkyl halides is 1. The Morgan fingerprint density at radius 2 is 2.24 bits per heavy atom. The van der Waals surface area contributed by atoms with Crippen LogP contribution in [0.2, 0.25) is 0 Å². The standard InChI is InChI=1S/C11H15ClN4S/c1-7-6-10(16(3)15-7)14-11-13-8(2)9(17-11)4-5-12/h6H,4-5H2,1-3H3,(H,13,14). The number of thiazole rings is 1. The van der Waals surface area contributed by atoms with E-state index in [-0.39, 0.29) is 0 Å². The van der Waals surface area contributed by atoms with Crippen LogP contribution in [0.5, 0.6) is 0 Å². The number of hydrogen-bond donors (Lipinski definition) is 1. The Balaban J connectivity index is 2.18. The van der Waals surface area contributed by atoms with Crippen LogP contribution >= 0.6 is 22.9 Å². The molecule has 0 unspecified atom stereocenters. The lowest BCUT2D eigenvalue weighted by Crippen LogP contribution is -1.98. The average molecular weight is 271 g/mol. The summed E-state index contributed by atoms with van der Waals surface area (Å²) >= 11 is 7.40. The lowest BCUT2D eigenvalue weighted by atomic mass is 10.3. The van der Waals surface area contributed by atoms with Crippen molar-refractivity contribution in [1.82, 2.24) is 14.8 Å². The summed E-state index contributed by atoms with van der Waals surface area (Å²) in [6, 6.07) is 2.00. The molecular weight excluding hydrogens is 256 g/mol. The highest BCUT2D eigenvalue weighted by molar-refractivity contribution is 7.15. The fraction of sp³-hybridized carbons (Fsp3) is 0.455. The van der Waals surface area contributed by atoms with Crippen molar-refractivity contribution >= 4 is 33.9 Å². The van der Waals surface area contributed by atoms with Crippen molar-refractivity contribution in [3.63, 3.8) is 0 Å². The first kappa shape index (κ1) is 12.4. The Morgan fingerprint density at radius 3 is 2.82 bits per heavy atom. The fourth-order valence-electron chi connectivity index (χ4n) is 1.64. The number of rotatable bonds is 4. The number of halogens is 1. The van der Waals surface area contributed by atoms with E-state index < -0.39 is 0 Å². The Bertz CT molecular complexity index is 518. The summed E-state index contributed by atoms with van der Waals surface area (Å²) in [6.45, 7) is 3.98. The molecule has 2 aromatic rings. The molecular formula is C11H15ClN4S. The highest BCUT2D eigenvalue weighted by Crippen LogP contribution is 2.26. The van der Waals surface area contributed by atoms with E-state index in [1.807, 2.05) is 31.6 Å². The summed E-state index contributed by atoms with van der Waals surface area (Å²) < 4.78 is 1.81. The van der Waals surface area contributed by atoms with Gasteiger partial charge in [0.1, 0.15) is 5.82 Å². The number of nitrogens with one attached hydrogen (secondary N) is 1. The third-order valence-corrected chi connectivity index (χ3v) is 3.77. The van der Waals surface area contributed by atoms with Gasteiger partial charge in [-0.2, -0.15) is 5.10 Å². The molecule has 0 fully saturated rings. The fourth-order valence-corrected chi connectivity index (χ4v) is 2.91.